The highest BCUT2D eigenvalue weighted by Gasteiger charge is 2.45. The van der Waals surface area contributed by atoms with Crippen LogP contribution >= 0.6 is 0 Å². The Morgan fingerprint density at radius 3 is 1.58 bits per heavy atom. The fraction of sp³-hybridized carbons (Fsp3) is 1.00. The van der Waals surface area contributed by atoms with Crippen molar-refractivity contribution in [3.8, 4) is 0 Å². The lowest BCUT2D eigenvalue weighted by Crippen LogP contribution is -2.40. The predicted molar refractivity (Wildman–Crippen MR) is 38.8 cm³/mol. The van der Waals surface area contributed by atoms with E-state index in [-0.39, 0.29) is 12.1 Å². The second-order valence-electron chi connectivity index (χ2n) is 3.62. The van der Waals surface area contributed by atoms with Crippen molar-refractivity contribution in [1.29, 1.82) is 0 Å². The van der Waals surface area contributed by atoms with Gasteiger partial charge in [-0.05, 0) is 25.7 Å². The normalized spacial score (nSPS) is 26.8. The van der Waals surface area contributed by atoms with Crippen molar-refractivity contribution in [1.82, 2.24) is 4.90 Å². The highest BCUT2D eigenvalue weighted by Crippen LogP contribution is 2.40. The highest BCUT2D eigenvalue weighted by atomic mass is 19.3. The third-order valence-electron chi connectivity index (χ3n) is 2.43. The van der Waals surface area contributed by atoms with Gasteiger partial charge in [-0.2, -0.15) is 0 Å². The molecule has 2 rings (SSSR count). The number of halogens is 3. The Kier molecular flexibility index (Phi) is 2.02. The van der Waals surface area contributed by atoms with E-state index in [0.717, 1.165) is 25.7 Å². The molecule has 70 valence electrons. The van der Waals surface area contributed by atoms with Gasteiger partial charge in [0.1, 0.15) is 0 Å². The summed E-state index contributed by atoms with van der Waals surface area (Å²) < 4.78 is 37.0. The monoisotopic (exact) mass is 179 g/mol. The van der Waals surface area contributed by atoms with Gasteiger partial charge in [-0.3, -0.25) is 4.90 Å². The lowest BCUT2D eigenvalue weighted by atomic mass is 10.4. The molecule has 0 bridgehead atoms. The summed E-state index contributed by atoms with van der Waals surface area (Å²) in [6.07, 6.45) is -1.29. The van der Waals surface area contributed by atoms with E-state index in [0.29, 0.717) is 0 Å². The Morgan fingerprint density at radius 2 is 1.33 bits per heavy atom. The largest absolute Gasteiger partial charge is 0.282 e. The molecule has 2 aliphatic rings. The number of alkyl halides is 3. The van der Waals surface area contributed by atoms with Crippen molar-refractivity contribution >= 4 is 0 Å². The zero-order valence-corrected chi connectivity index (χ0v) is 6.72. The minimum Gasteiger partial charge on any atom is -0.263 e. The molecule has 0 amide bonds. The van der Waals surface area contributed by atoms with Gasteiger partial charge in [-0.1, -0.05) is 0 Å². The van der Waals surface area contributed by atoms with E-state index in [4.69, 9.17) is 0 Å². The van der Waals surface area contributed by atoms with Crippen molar-refractivity contribution < 1.29 is 13.2 Å². The molecule has 0 heterocycles. The van der Waals surface area contributed by atoms with Crippen molar-refractivity contribution in [3.05, 3.63) is 0 Å². The first-order chi connectivity index (χ1) is 5.70. The van der Waals surface area contributed by atoms with Crippen molar-refractivity contribution in [2.45, 2.75) is 50.5 Å². The maximum Gasteiger partial charge on any atom is 0.282 e. The second kappa shape index (κ2) is 2.91. The van der Waals surface area contributed by atoms with Crippen LogP contribution in [0.25, 0.3) is 0 Å². The summed E-state index contributed by atoms with van der Waals surface area (Å²) in [7, 11) is 0. The van der Waals surface area contributed by atoms with E-state index in [1.54, 1.807) is 0 Å². The molecule has 0 aromatic heterocycles. The standard InChI is InChI=1S/C8H12F3N/c9-7(10)8(11)12(5-1-2-5)6-3-4-6/h5-8H,1-4H2. The van der Waals surface area contributed by atoms with Gasteiger partial charge in [0.05, 0.1) is 0 Å². The van der Waals surface area contributed by atoms with Gasteiger partial charge < -0.3 is 0 Å². The minimum atomic E-state index is -2.84. The maximum atomic E-state index is 12.9. The first-order valence-corrected chi connectivity index (χ1v) is 4.40. The fourth-order valence-corrected chi connectivity index (χ4v) is 1.58. The molecule has 2 aliphatic carbocycles. The van der Waals surface area contributed by atoms with Crippen molar-refractivity contribution in [2.75, 3.05) is 0 Å². The first kappa shape index (κ1) is 8.35. The number of hydrogen-bond donors (Lipinski definition) is 0. The molecule has 0 radical (unpaired) electrons. The van der Waals surface area contributed by atoms with Gasteiger partial charge in [-0.15, -0.1) is 0 Å². The summed E-state index contributed by atoms with van der Waals surface area (Å²) in [6.45, 7) is 0. The summed E-state index contributed by atoms with van der Waals surface area (Å²) in [5.41, 5.74) is 0. The van der Waals surface area contributed by atoms with E-state index in [2.05, 4.69) is 0 Å². The molecule has 1 nitrogen and oxygen atoms in total. The Bertz CT molecular complexity index is 154. The van der Waals surface area contributed by atoms with E-state index in [1.165, 1.54) is 4.90 Å². The lowest BCUT2D eigenvalue weighted by molar-refractivity contribution is -0.0571. The topological polar surface area (TPSA) is 3.24 Å². The summed E-state index contributed by atoms with van der Waals surface area (Å²) in [6, 6.07) is 0.225. The SMILES string of the molecule is FC(F)C(F)N(C1CC1)C1CC1. The Balaban J connectivity index is 1.94. The highest BCUT2D eigenvalue weighted by molar-refractivity contribution is 4.96. The van der Waals surface area contributed by atoms with Crippen LogP contribution in [0.1, 0.15) is 25.7 Å². The van der Waals surface area contributed by atoms with Crippen molar-refractivity contribution in [3.63, 3.8) is 0 Å². The molecule has 2 saturated carbocycles. The van der Waals surface area contributed by atoms with Crippen LogP contribution in [0, 0.1) is 0 Å². The molecule has 0 aromatic carbocycles. The molecule has 2 fully saturated rings. The van der Waals surface area contributed by atoms with Gasteiger partial charge in [-0.25, -0.2) is 13.2 Å². The molecule has 0 aliphatic heterocycles. The molecular weight excluding hydrogens is 167 g/mol. The van der Waals surface area contributed by atoms with Crippen molar-refractivity contribution in [2.24, 2.45) is 0 Å². The molecule has 0 spiro atoms. The van der Waals surface area contributed by atoms with Crippen LogP contribution < -0.4 is 0 Å². The molecule has 1 atom stereocenters. The average Bonchev–Trinajstić information content (AvgIpc) is 2.81. The van der Waals surface area contributed by atoms with Crippen LogP contribution in [0.15, 0.2) is 0 Å². The molecule has 12 heavy (non-hydrogen) atoms. The summed E-state index contributed by atoms with van der Waals surface area (Å²) in [5, 5.41) is 0. The van der Waals surface area contributed by atoms with E-state index in [1.807, 2.05) is 0 Å². The summed E-state index contributed by atoms with van der Waals surface area (Å²) in [5.74, 6) is 0. The summed E-state index contributed by atoms with van der Waals surface area (Å²) >= 11 is 0. The fourth-order valence-electron chi connectivity index (χ4n) is 1.58. The lowest BCUT2D eigenvalue weighted by Gasteiger charge is -2.24. The van der Waals surface area contributed by atoms with Crippen LogP contribution in [-0.2, 0) is 0 Å². The van der Waals surface area contributed by atoms with E-state index in [9.17, 15) is 13.2 Å². The molecular formula is C8H12F3N. The second-order valence-corrected chi connectivity index (χ2v) is 3.62. The van der Waals surface area contributed by atoms with Crippen LogP contribution in [0.4, 0.5) is 13.2 Å². The van der Waals surface area contributed by atoms with Crippen LogP contribution in [0.3, 0.4) is 0 Å². The third kappa shape index (κ3) is 1.58. The van der Waals surface area contributed by atoms with E-state index < -0.39 is 12.7 Å². The number of nitrogens with zero attached hydrogens (tertiary/aromatic N) is 1. The van der Waals surface area contributed by atoms with E-state index >= 15 is 0 Å². The quantitative estimate of drug-likeness (QED) is 0.598. The molecule has 0 N–H and O–H groups in total. The average molecular weight is 179 g/mol. The van der Waals surface area contributed by atoms with Crippen LogP contribution in [0.2, 0.25) is 0 Å². The molecule has 1 unspecified atom stereocenters. The minimum absolute atomic E-state index is 0.112. The third-order valence-corrected chi connectivity index (χ3v) is 2.43. The number of rotatable bonds is 4. The molecule has 0 aromatic rings. The summed E-state index contributed by atoms with van der Waals surface area (Å²) in [4.78, 5) is 1.38. The van der Waals surface area contributed by atoms with Crippen LogP contribution in [0.5, 0.6) is 0 Å². The Hall–Kier alpha value is -0.250. The predicted octanol–water partition coefficient (Wildman–Crippen LogP) is 2.17. The van der Waals surface area contributed by atoms with Gasteiger partial charge >= 0.3 is 0 Å². The van der Waals surface area contributed by atoms with Crippen LogP contribution in [-0.4, -0.2) is 29.7 Å². The van der Waals surface area contributed by atoms with Gasteiger partial charge in [0.2, 0.25) is 6.30 Å². The number of hydrogen-bond acceptors (Lipinski definition) is 1. The first-order valence-electron chi connectivity index (χ1n) is 4.40. The zero-order valence-electron chi connectivity index (χ0n) is 6.72. The zero-order chi connectivity index (χ0) is 8.72. The molecule has 4 heteroatoms. The Morgan fingerprint density at radius 1 is 0.917 bits per heavy atom. The van der Waals surface area contributed by atoms with Gasteiger partial charge in [0, 0.05) is 12.1 Å². The van der Waals surface area contributed by atoms with Gasteiger partial charge in [0.25, 0.3) is 6.43 Å². The molecule has 0 saturated heterocycles. The van der Waals surface area contributed by atoms with Gasteiger partial charge in [0.15, 0.2) is 0 Å². The maximum absolute atomic E-state index is 12.9. The smallest absolute Gasteiger partial charge is 0.263 e. The Labute approximate surface area is 69.5 Å².